The molecule has 0 saturated heterocycles. The van der Waals surface area contributed by atoms with Gasteiger partial charge < -0.3 is 10.1 Å². The van der Waals surface area contributed by atoms with Crippen molar-refractivity contribution >= 4 is 17.2 Å². The Labute approximate surface area is 143 Å². The molecule has 1 aliphatic rings. The van der Waals surface area contributed by atoms with E-state index in [1.54, 1.807) is 16.0 Å². The van der Waals surface area contributed by atoms with Crippen LogP contribution in [-0.2, 0) is 11.3 Å². The normalized spacial score (nSPS) is 16.2. The molecule has 0 radical (unpaired) electrons. The van der Waals surface area contributed by atoms with Gasteiger partial charge >= 0.3 is 0 Å². The summed E-state index contributed by atoms with van der Waals surface area (Å²) in [6.07, 6.45) is 2.62. The van der Waals surface area contributed by atoms with Crippen molar-refractivity contribution in [3.05, 3.63) is 58.9 Å². The van der Waals surface area contributed by atoms with Crippen LogP contribution in [0.5, 0.6) is 5.75 Å². The molecule has 2 aromatic heterocycles. The van der Waals surface area contributed by atoms with Crippen LogP contribution in [0.3, 0.4) is 0 Å². The van der Waals surface area contributed by atoms with E-state index in [4.69, 9.17) is 4.74 Å². The first-order chi connectivity index (χ1) is 11.8. The summed E-state index contributed by atoms with van der Waals surface area (Å²) in [4.78, 5) is 12.4. The van der Waals surface area contributed by atoms with E-state index in [1.165, 1.54) is 0 Å². The third-order valence-corrected chi connectivity index (χ3v) is 4.74. The molecular formula is C18H17N3O2S. The van der Waals surface area contributed by atoms with Crippen molar-refractivity contribution in [2.45, 2.75) is 19.0 Å². The minimum atomic E-state index is -0.0447. The first-order valence-corrected chi connectivity index (χ1v) is 8.81. The maximum absolute atomic E-state index is 12.4. The molecule has 1 aliphatic heterocycles. The van der Waals surface area contributed by atoms with E-state index in [0.29, 0.717) is 6.61 Å². The largest absolute Gasteiger partial charge is 0.493 e. The van der Waals surface area contributed by atoms with Gasteiger partial charge in [0.25, 0.3) is 0 Å². The molecule has 0 saturated carbocycles. The fourth-order valence-electron chi connectivity index (χ4n) is 2.89. The molecule has 0 spiro atoms. The number of hydrogen-bond acceptors (Lipinski definition) is 4. The molecule has 24 heavy (non-hydrogen) atoms. The predicted molar refractivity (Wildman–Crippen MR) is 93.0 cm³/mol. The van der Waals surface area contributed by atoms with Crippen molar-refractivity contribution in [1.29, 1.82) is 0 Å². The number of fused-ring (bicyclic) bond motifs is 1. The zero-order valence-corrected chi connectivity index (χ0v) is 13.8. The minimum Gasteiger partial charge on any atom is -0.493 e. The van der Waals surface area contributed by atoms with Crippen molar-refractivity contribution in [2.75, 3.05) is 6.61 Å². The molecule has 6 heteroatoms. The molecule has 1 amide bonds. The molecule has 0 aliphatic carbocycles. The standard InChI is InChI=1S/C18H17N3O2S/c22-18(11-21-8-5-15(20-21)13-7-10-24-12-13)19-16-6-9-23-17-4-2-1-3-14(16)17/h1-5,7-8,10,12,16H,6,9,11H2,(H,19,22)/t16-/m0/s1. The number of amides is 1. The van der Waals surface area contributed by atoms with Crippen LogP contribution in [0.2, 0.25) is 0 Å². The Morgan fingerprint density at radius 1 is 1.33 bits per heavy atom. The van der Waals surface area contributed by atoms with Crippen LogP contribution in [0.15, 0.2) is 53.4 Å². The Balaban J connectivity index is 1.43. The van der Waals surface area contributed by atoms with Gasteiger partial charge in [0.15, 0.2) is 0 Å². The third-order valence-electron chi connectivity index (χ3n) is 4.06. The second-order valence-electron chi connectivity index (χ2n) is 5.71. The average molecular weight is 339 g/mol. The molecule has 5 nitrogen and oxygen atoms in total. The molecule has 3 aromatic rings. The average Bonchev–Trinajstić information content (AvgIpc) is 3.26. The summed E-state index contributed by atoms with van der Waals surface area (Å²) < 4.78 is 7.30. The van der Waals surface area contributed by atoms with Crippen molar-refractivity contribution in [2.24, 2.45) is 0 Å². The number of para-hydroxylation sites is 1. The van der Waals surface area contributed by atoms with Crippen LogP contribution >= 0.6 is 11.3 Å². The molecule has 0 fully saturated rings. The Kier molecular flexibility index (Phi) is 4.04. The van der Waals surface area contributed by atoms with Crippen LogP contribution in [0.25, 0.3) is 11.3 Å². The Bertz CT molecular complexity index is 842. The van der Waals surface area contributed by atoms with E-state index < -0.39 is 0 Å². The van der Waals surface area contributed by atoms with Gasteiger partial charge in [0.2, 0.25) is 5.91 Å². The zero-order chi connectivity index (χ0) is 16.4. The third kappa shape index (κ3) is 3.05. The molecule has 0 bridgehead atoms. The second kappa shape index (κ2) is 6.49. The summed E-state index contributed by atoms with van der Waals surface area (Å²) in [6, 6.07) is 11.8. The van der Waals surface area contributed by atoms with Gasteiger partial charge in [-0.05, 0) is 23.6 Å². The first-order valence-electron chi connectivity index (χ1n) is 7.87. The SMILES string of the molecule is O=C(Cn1ccc(-c2ccsc2)n1)N[C@H]1CCOc2ccccc21. The fourth-order valence-corrected chi connectivity index (χ4v) is 3.54. The second-order valence-corrected chi connectivity index (χ2v) is 6.49. The number of benzene rings is 1. The predicted octanol–water partition coefficient (Wildman–Crippen LogP) is 3.25. The molecule has 4 rings (SSSR count). The topological polar surface area (TPSA) is 56.2 Å². The van der Waals surface area contributed by atoms with Crippen LogP contribution in [-0.4, -0.2) is 22.3 Å². The van der Waals surface area contributed by atoms with Crippen LogP contribution < -0.4 is 10.1 Å². The highest BCUT2D eigenvalue weighted by Crippen LogP contribution is 2.31. The lowest BCUT2D eigenvalue weighted by molar-refractivity contribution is -0.122. The van der Waals surface area contributed by atoms with Gasteiger partial charge in [-0.25, -0.2) is 0 Å². The van der Waals surface area contributed by atoms with Crippen molar-refractivity contribution in [3.63, 3.8) is 0 Å². The monoisotopic (exact) mass is 339 g/mol. The summed E-state index contributed by atoms with van der Waals surface area (Å²) in [5.41, 5.74) is 3.01. The van der Waals surface area contributed by atoms with E-state index in [1.807, 2.05) is 53.4 Å². The van der Waals surface area contributed by atoms with Gasteiger partial charge in [-0.1, -0.05) is 18.2 Å². The smallest absolute Gasteiger partial charge is 0.242 e. The van der Waals surface area contributed by atoms with Crippen LogP contribution in [0.1, 0.15) is 18.0 Å². The summed E-state index contributed by atoms with van der Waals surface area (Å²) in [5, 5.41) is 11.6. The van der Waals surface area contributed by atoms with Crippen molar-refractivity contribution in [1.82, 2.24) is 15.1 Å². The molecule has 1 N–H and O–H groups in total. The summed E-state index contributed by atoms with van der Waals surface area (Å²) in [6.45, 7) is 0.829. The fraction of sp³-hybridized carbons (Fsp3) is 0.222. The Hall–Kier alpha value is -2.60. The molecule has 122 valence electrons. The number of hydrogen-bond donors (Lipinski definition) is 1. The molecular weight excluding hydrogens is 322 g/mol. The summed E-state index contributed by atoms with van der Waals surface area (Å²) >= 11 is 1.63. The van der Waals surface area contributed by atoms with Gasteiger partial charge in [-0.2, -0.15) is 16.4 Å². The minimum absolute atomic E-state index is 0.00523. The highest BCUT2D eigenvalue weighted by atomic mass is 32.1. The number of carbonyl (C=O) groups excluding carboxylic acids is 1. The van der Waals surface area contributed by atoms with E-state index in [9.17, 15) is 4.79 Å². The highest BCUT2D eigenvalue weighted by molar-refractivity contribution is 7.08. The van der Waals surface area contributed by atoms with E-state index in [2.05, 4.69) is 10.4 Å². The number of carbonyl (C=O) groups is 1. The van der Waals surface area contributed by atoms with E-state index in [0.717, 1.165) is 29.0 Å². The van der Waals surface area contributed by atoms with Gasteiger partial charge in [-0.15, -0.1) is 0 Å². The summed E-state index contributed by atoms with van der Waals surface area (Å²) in [7, 11) is 0. The lowest BCUT2D eigenvalue weighted by atomic mass is 10.0. The molecule has 0 unspecified atom stereocenters. The Morgan fingerprint density at radius 2 is 2.25 bits per heavy atom. The first kappa shape index (κ1) is 15.0. The van der Waals surface area contributed by atoms with Gasteiger partial charge in [0.1, 0.15) is 12.3 Å². The highest BCUT2D eigenvalue weighted by Gasteiger charge is 2.22. The quantitative estimate of drug-likeness (QED) is 0.794. The van der Waals surface area contributed by atoms with E-state index >= 15 is 0 Å². The van der Waals surface area contributed by atoms with Gasteiger partial charge in [0, 0.05) is 29.1 Å². The number of thiophene rings is 1. The lowest BCUT2D eigenvalue weighted by Gasteiger charge is -2.26. The lowest BCUT2D eigenvalue weighted by Crippen LogP contribution is -2.34. The molecule has 3 heterocycles. The van der Waals surface area contributed by atoms with Gasteiger partial charge in [0.05, 0.1) is 18.3 Å². The Morgan fingerprint density at radius 3 is 3.12 bits per heavy atom. The molecule has 1 aromatic carbocycles. The van der Waals surface area contributed by atoms with Crippen molar-refractivity contribution < 1.29 is 9.53 Å². The van der Waals surface area contributed by atoms with Gasteiger partial charge in [-0.3, -0.25) is 9.48 Å². The number of nitrogens with one attached hydrogen (secondary N) is 1. The maximum atomic E-state index is 12.4. The van der Waals surface area contributed by atoms with E-state index in [-0.39, 0.29) is 18.5 Å². The maximum Gasteiger partial charge on any atom is 0.242 e. The van der Waals surface area contributed by atoms with Crippen LogP contribution in [0, 0.1) is 0 Å². The van der Waals surface area contributed by atoms with Crippen LogP contribution in [0.4, 0.5) is 0 Å². The number of rotatable bonds is 4. The number of nitrogens with zero attached hydrogens (tertiary/aromatic N) is 2. The zero-order valence-electron chi connectivity index (χ0n) is 13.0. The summed E-state index contributed by atoms with van der Waals surface area (Å²) in [5.74, 6) is 0.810. The van der Waals surface area contributed by atoms with Crippen molar-refractivity contribution in [3.8, 4) is 17.0 Å². The molecule has 1 atom stereocenters. The number of ether oxygens (including phenoxy) is 1. The number of aromatic nitrogens is 2.